The standard InChI is InChI=1S/C25H30N6O2/c1-4-23-26-13-18(14-27-23)16-31-12-8-7-10-21(31)24-28-15-19(17(2)29-24)25(32)30-20-9-5-6-11-22(20)33-3/h5-6,9,11,13-15,21H,4,7-8,10,12,16H2,1-3H3,(H,30,32)/t21-/m0/s1. The molecule has 1 saturated heterocycles. The summed E-state index contributed by atoms with van der Waals surface area (Å²) < 4.78 is 5.32. The van der Waals surface area contributed by atoms with Crippen molar-refractivity contribution in [2.24, 2.45) is 0 Å². The van der Waals surface area contributed by atoms with E-state index in [4.69, 9.17) is 9.72 Å². The molecule has 0 spiro atoms. The molecule has 0 unspecified atom stereocenters. The number of carbonyl (C=O) groups excluding carboxylic acids is 1. The van der Waals surface area contributed by atoms with Gasteiger partial charge < -0.3 is 10.1 Å². The number of aryl methyl sites for hydroxylation is 2. The van der Waals surface area contributed by atoms with E-state index in [-0.39, 0.29) is 11.9 Å². The van der Waals surface area contributed by atoms with Crippen molar-refractivity contribution in [2.75, 3.05) is 19.0 Å². The molecule has 4 rings (SSSR count). The zero-order valence-electron chi connectivity index (χ0n) is 19.4. The van der Waals surface area contributed by atoms with Gasteiger partial charge in [-0.15, -0.1) is 0 Å². The highest BCUT2D eigenvalue weighted by Crippen LogP contribution is 2.30. The minimum absolute atomic E-state index is 0.106. The predicted octanol–water partition coefficient (Wildman–Crippen LogP) is 4.13. The summed E-state index contributed by atoms with van der Waals surface area (Å²) in [6.45, 7) is 5.63. The highest BCUT2D eigenvalue weighted by Gasteiger charge is 2.27. The number of ether oxygens (including phenoxy) is 1. The van der Waals surface area contributed by atoms with Gasteiger partial charge in [0.15, 0.2) is 0 Å². The number of nitrogens with zero attached hydrogens (tertiary/aromatic N) is 5. The first kappa shape index (κ1) is 22.8. The maximum absolute atomic E-state index is 12.9. The fraction of sp³-hybridized carbons (Fsp3) is 0.400. The average molecular weight is 447 g/mol. The summed E-state index contributed by atoms with van der Waals surface area (Å²) >= 11 is 0. The Morgan fingerprint density at radius 2 is 1.94 bits per heavy atom. The van der Waals surface area contributed by atoms with Gasteiger partial charge in [-0.25, -0.2) is 19.9 Å². The minimum atomic E-state index is -0.253. The van der Waals surface area contributed by atoms with Gasteiger partial charge in [0, 0.05) is 37.1 Å². The van der Waals surface area contributed by atoms with Gasteiger partial charge in [-0.2, -0.15) is 0 Å². The number of methoxy groups -OCH3 is 1. The first-order valence-electron chi connectivity index (χ1n) is 11.4. The zero-order chi connectivity index (χ0) is 23.2. The summed E-state index contributed by atoms with van der Waals surface area (Å²) in [6, 6.07) is 7.43. The van der Waals surface area contributed by atoms with E-state index < -0.39 is 0 Å². The quantitative estimate of drug-likeness (QED) is 0.583. The molecule has 1 amide bonds. The highest BCUT2D eigenvalue weighted by molar-refractivity contribution is 6.05. The predicted molar refractivity (Wildman–Crippen MR) is 126 cm³/mol. The lowest BCUT2D eigenvalue weighted by atomic mass is 10.0. The Labute approximate surface area is 194 Å². The number of likely N-dealkylation sites (tertiary alicyclic amines) is 1. The van der Waals surface area contributed by atoms with Crippen LogP contribution in [0.2, 0.25) is 0 Å². The number of amides is 1. The third-order valence-electron chi connectivity index (χ3n) is 5.97. The molecule has 0 bridgehead atoms. The first-order valence-corrected chi connectivity index (χ1v) is 11.4. The van der Waals surface area contributed by atoms with Crippen molar-refractivity contribution in [3.05, 3.63) is 71.3 Å². The molecule has 1 aliphatic heterocycles. The molecule has 1 N–H and O–H groups in total. The number of nitrogens with one attached hydrogen (secondary N) is 1. The number of benzene rings is 1. The molecular weight excluding hydrogens is 416 g/mol. The lowest BCUT2D eigenvalue weighted by Gasteiger charge is -2.34. The lowest BCUT2D eigenvalue weighted by molar-refractivity contribution is 0.102. The zero-order valence-corrected chi connectivity index (χ0v) is 19.4. The van der Waals surface area contributed by atoms with Crippen molar-refractivity contribution >= 4 is 11.6 Å². The van der Waals surface area contributed by atoms with E-state index in [1.807, 2.05) is 31.5 Å². The molecular formula is C25H30N6O2. The molecule has 8 nitrogen and oxygen atoms in total. The van der Waals surface area contributed by atoms with Gasteiger partial charge in [-0.05, 0) is 38.4 Å². The number of para-hydroxylation sites is 2. The molecule has 1 aromatic carbocycles. The third kappa shape index (κ3) is 5.34. The van der Waals surface area contributed by atoms with Gasteiger partial charge in [0.05, 0.1) is 30.1 Å². The second-order valence-electron chi connectivity index (χ2n) is 8.22. The van der Waals surface area contributed by atoms with Crippen LogP contribution < -0.4 is 10.1 Å². The van der Waals surface area contributed by atoms with Crippen LogP contribution in [0, 0.1) is 6.92 Å². The lowest BCUT2D eigenvalue weighted by Crippen LogP contribution is -2.34. The van der Waals surface area contributed by atoms with E-state index in [1.54, 1.807) is 25.4 Å². The van der Waals surface area contributed by atoms with Crippen LogP contribution in [0.4, 0.5) is 5.69 Å². The molecule has 33 heavy (non-hydrogen) atoms. The minimum Gasteiger partial charge on any atom is -0.495 e. The van der Waals surface area contributed by atoms with Crippen LogP contribution >= 0.6 is 0 Å². The fourth-order valence-corrected chi connectivity index (χ4v) is 4.16. The van der Waals surface area contributed by atoms with Crippen molar-refractivity contribution in [3.8, 4) is 5.75 Å². The Morgan fingerprint density at radius 1 is 1.15 bits per heavy atom. The topological polar surface area (TPSA) is 93.1 Å². The largest absolute Gasteiger partial charge is 0.495 e. The van der Waals surface area contributed by atoms with Crippen molar-refractivity contribution < 1.29 is 9.53 Å². The van der Waals surface area contributed by atoms with Crippen LogP contribution in [0.25, 0.3) is 0 Å². The van der Waals surface area contributed by atoms with Gasteiger partial charge in [-0.1, -0.05) is 25.5 Å². The number of piperidine rings is 1. The average Bonchev–Trinajstić information content (AvgIpc) is 2.85. The fourth-order valence-electron chi connectivity index (χ4n) is 4.16. The summed E-state index contributed by atoms with van der Waals surface area (Å²) in [4.78, 5) is 33.5. The maximum atomic E-state index is 12.9. The van der Waals surface area contributed by atoms with Crippen molar-refractivity contribution in [2.45, 2.75) is 52.1 Å². The number of hydrogen-bond donors (Lipinski definition) is 1. The molecule has 8 heteroatoms. The van der Waals surface area contributed by atoms with Crippen LogP contribution in [0.3, 0.4) is 0 Å². The molecule has 1 fully saturated rings. The van der Waals surface area contributed by atoms with Crippen LogP contribution in [0.15, 0.2) is 42.9 Å². The monoisotopic (exact) mass is 446 g/mol. The molecule has 1 aliphatic rings. The van der Waals surface area contributed by atoms with Crippen molar-refractivity contribution in [3.63, 3.8) is 0 Å². The molecule has 0 aliphatic carbocycles. The Balaban J connectivity index is 1.50. The molecule has 3 aromatic rings. The van der Waals surface area contributed by atoms with Gasteiger partial charge in [-0.3, -0.25) is 9.69 Å². The molecule has 172 valence electrons. The summed E-state index contributed by atoms with van der Waals surface area (Å²) in [5, 5.41) is 2.90. The van der Waals surface area contributed by atoms with Gasteiger partial charge in [0.2, 0.25) is 0 Å². The molecule has 0 radical (unpaired) electrons. The van der Waals surface area contributed by atoms with E-state index in [9.17, 15) is 4.79 Å². The number of rotatable bonds is 7. The molecule has 1 atom stereocenters. The van der Waals surface area contributed by atoms with E-state index in [0.29, 0.717) is 22.7 Å². The van der Waals surface area contributed by atoms with E-state index in [1.165, 1.54) is 0 Å². The smallest absolute Gasteiger partial charge is 0.259 e. The maximum Gasteiger partial charge on any atom is 0.259 e. The Bertz CT molecular complexity index is 1100. The second-order valence-corrected chi connectivity index (χ2v) is 8.22. The summed E-state index contributed by atoms with van der Waals surface area (Å²) in [6.07, 6.45) is 9.54. The van der Waals surface area contributed by atoms with Gasteiger partial charge in [0.25, 0.3) is 5.91 Å². The van der Waals surface area contributed by atoms with Crippen LogP contribution in [-0.4, -0.2) is 44.4 Å². The van der Waals surface area contributed by atoms with Crippen LogP contribution in [0.1, 0.15) is 65.5 Å². The van der Waals surface area contributed by atoms with E-state index in [2.05, 4.69) is 32.1 Å². The van der Waals surface area contributed by atoms with Crippen molar-refractivity contribution in [1.29, 1.82) is 0 Å². The first-order chi connectivity index (χ1) is 16.1. The van der Waals surface area contributed by atoms with E-state index in [0.717, 1.165) is 56.0 Å². The highest BCUT2D eigenvalue weighted by atomic mass is 16.5. The van der Waals surface area contributed by atoms with Crippen LogP contribution in [0.5, 0.6) is 5.75 Å². The van der Waals surface area contributed by atoms with Crippen molar-refractivity contribution in [1.82, 2.24) is 24.8 Å². The molecule has 2 aromatic heterocycles. The Hall–Kier alpha value is -3.39. The number of hydrogen-bond acceptors (Lipinski definition) is 7. The third-order valence-corrected chi connectivity index (χ3v) is 5.97. The second kappa shape index (κ2) is 10.5. The Kier molecular flexibility index (Phi) is 7.24. The summed E-state index contributed by atoms with van der Waals surface area (Å²) in [5.41, 5.74) is 2.82. The molecule has 0 saturated carbocycles. The van der Waals surface area contributed by atoms with Gasteiger partial charge >= 0.3 is 0 Å². The molecule has 3 heterocycles. The summed E-state index contributed by atoms with van der Waals surface area (Å²) in [5.74, 6) is 1.97. The SMILES string of the molecule is CCc1ncc(CN2CCCC[C@H]2c2ncc(C(=O)Nc3ccccc3OC)c(C)n2)cn1. The number of aromatic nitrogens is 4. The number of carbonyl (C=O) groups is 1. The normalized spacial score (nSPS) is 16.4. The van der Waals surface area contributed by atoms with E-state index >= 15 is 0 Å². The van der Waals surface area contributed by atoms with Gasteiger partial charge in [0.1, 0.15) is 17.4 Å². The Morgan fingerprint density at radius 3 is 2.67 bits per heavy atom. The van der Waals surface area contributed by atoms with Crippen LogP contribution in [-0.2, 0) is 13.0 Å². The summed E-state index contributed by atoms with van der Waals surface area (Å²) in [7, 11) is 1.58. The number of anilines is 1.